The van der Waals surface area contributed by atoms with Crippen molar-refractivity contribution in [1.82, 2.24) is 0 Å². The largest absolute Gasteiger partial charge is 0.496 e. The zero-order valence-electron chi connectivity index (χ0n) is 16.6. The fourth-order valence-electron chi connectivity index (χ4n) is 2.57. The van der Waals surface area contributed by atoms with E-state index in [-0.39, 0.29) is 23.7 Å². The van der Waals surface area contributed by atoms with Crippen molar-refractivity contribution in [2.45, 2.75) is 26.9 Å². The second kappa shape index (κ2) is 9.54. The van der Waals surface area contributed by atoms with Gasteiger partial charge in [0.05, 0.1) is 18.1 Å². The topological polar surface area (TPSA) is 117 Å². The normalized spacial score (nSPS) is 11.3. The number of hydrogen-bond acceptors (Lipinski definition) is 7. The number of carbonyl (C=O) groups excluding carboxylic acids is 2. The number of aryl methyl sites for hydroxylation is 2. The molecule has 0 saturated carbocycles. The maximum atomic E-state index is 12.3. The molecule has 9 heteroatoms. The molecule has 0 aliphatic rings. The first-order chi connectivity index (χ1) is 13.7. The number of nitrogens with zero attached hydrogens (tertiary/aromatic N) is 1. The molecule has 2 aromatic carbocycles. The number of anilines is 1. The van der Waals surface area contributed by atoms with E-state index in [1.54, 1.807) is 0 Å². The van der Waals surface area contributed by atoms with Crippen LogP contribution in [0.2, 0.25) is 0 Å². The molecule has 1 N–H and O–H groups in total. The van der Waals surface area contributed by atoms with Crippen LogP contribution in [0.15, 0.2) is 36.4 Å². The van der Waals surface area contributed by atoms with Gasteiger partial charge in [0.25, 0.3) is 11.6 Å². The SMILES string of the molecule is COc1ccc(NC(=O)[C@@H](C)OC(=O)COc2c(C)cccc2C)c([N+](=O)[O-])c1. The van der Waals surface area contributed by atoms with Crippen LogP contribution in [0.5, 0.6) is 11.5 Å². The van der Waals surface area contributed by atoms with Crippen molar-refractivity contribution < 1.29 is 28.7 Å². The van der Waals surface area contributed by atoms with E-state index in [2.05, 4.69) is 5.32 Å². The molecule has 0 aliphatic heterocycles. The maximum absolute atomic E-state index is 12.3. The van der Waals surface area contributed by atoms with Crippen molar-refractivity contribution in [2.75, 3.05) is 19.0 Å². The Hall–Kier alpha value is -3.62. The summed E-state index contributed by atoms with van der Waals surface area (Å²) in [7, 11) is 1.37. The van der Waals surface area contributed by atoms with E-state index in [1.165, 1.54) is 32.2 Å². The van der Waals surface area contributed by atoms with Crippen molar-refractivity contribution >= 4 is 23.3 Å². The molecule has 9 nitrogen and oxygen atoms in total. The number of nitro benzene ring substituents is 1. The molecule has 0 radical (unpaired) electrons. The van der Waals surface area contributed by atoms with Gasteiger partial charge in [0, 0.05) is 0 Å². The lowest BCUT2D eigenvalue weighted by molar-refractivity contribution is -0.384. The van der Waals surface area contributed by atoms with Crippen molar-refractivity contribution in [1.29, 1.82) is 0 Å². The van der Waals surface area contributed by atoms with E-state index in [0.717, 1.165) is 11.1 Å². The number of amides is 1. The predicted molar refractivity (Wildman–Crippen MR) is 105 cm³/mol. The third kappa shape index (κ3) is 5.68. The Kier molecular flexibility index (Phi) is 7.13. The van der Waals surface area contributed by atoms with E-state index >= 15 is 0 Å². The number of nitrogens with one attached hydrogen (secondary N) is 1. The first-order valence-corrected chi connectivity index (χ1v) is 8.74. The quantitative estimate of drug-likeness (QED) is 0.409. The Morgan fingerprint density at radius 3 is 2.41 bits per heavy atom. The molecule has 0 unspecified atom stereocenters. The van der Waals surface area contributed by atoms with Gasteiger partial charge in [0.2, 0.25) is 0 Å². The molecule has 0 saturated heterocycles. The van der Waals surface area contributed by atoms with Gasteiger partial charge < -0.3 is 19.5 Å². The second-order valence-corrected chi connectivity index (χ2v) is 6.27. The molecule has 154 valence electrons. The lowest BCUT2D eigenvalue weighted by atomic mass is 10.1. The fourth-order valence-corrected chi connectivity index (χ4v) is 2.57. The van der Waals surface area contributed by atoms with Gasteiger partial charge in [-0.3, -0.25) is 14.9 Å². The molecule has 0 fully saturated rings. The first kappa shape index (κ1) is 21.7. The standard InChI is InChI=1S/C20H22N2O7/c1-12-6-5-7-13(2)19(12)28-11-18(23)29-14(3)20(24)21-16-9-8-15(27-4)10-17(16)22(25)26/h5-10,14H,11H2,1-4H3,(H,21,24)/t14-/m1/s1. The number of benzene rings is 2. The second-order valence-electron chi connectivity index (χ2n) is 6.27. The van der Waals surface area contributed by atoms with Gasteiger partial charge in [-0.1, -0.05) is 18.2 Å². The van der Waals surface area contributed by atoms with Gasteiger partial charge in [-0.2, -0.15) is 0 Å². The Morgan fingerprint density at radius 2 is 1.83 bits per heavy atom. The number of carbonyl (C=O) groups is 2. The zero-order chi connectivity index (χ0) is 21.6. The Labute approximate surface area is 167 Å². The van der Waals surface area contributed by atoms with E-state index in [1.807, 2.05) is 32.0 Å². The molecular weight excluding hydrogens is 380 g/mol. The van der Waals surface area contributed by atoms with Crippen molar-refractivity contribution in [2.24, 2.45) is 0 Å². The fraction of sp³-hybridized carbons (Fsp3) is 0.300. The minimum absolute atomic E-state index is 0.0320. The van der Waals surface area contributed by atoms with Crippen LogP contribution in [0.25, 0.3) is 0 Å². The number of para-hydroxylation sites is 1. The predicted octanol–water partition coefficient (Wildman–Crippen LogP) is 3.17. The number of methoxy groups -OCH3 is 1. The smallest absolute Gasteiger partial charge is 0.344 e. The Bertz CT molecular complexity index is 907. The molecule has 0 heterocycles. The highest BCUT2D eigenvalue weighted by Crippen LogP contribution is 2.29. The average Bonchev–Trinajstić information content (AvgIpc) is 2.67. The van der Waals surface area contributed by atoms with Gasteiger partial charge in [-0.25, -0.2) is 4.79 Å². The zero-order valence-corrected chi connectivity index (χ0v) is 16.6. The molecule has 1 amide bonds. The van der Waals surface area contributed by atoms with Crippen LogP contribution in [0.3, 0.4) is 0 Å². The van der Waals surface area contributed by atoms with Gasteiger partial charge in [-0.05, 0) is 44.0 Å². The summed E-state index contributed by atoms with van der Waals surface area (Å²) < 4.78 is 15.5. The van der Waals surface area contributed by atoms with Crippen LogP contribution in [-0.2, 0) is 14.3 Å². The van der Waals surface area contributed by atoms with Crippen LogP contribution in [0.1, 0.15) is 18.1 Å². The monoisotopic (exact) mass is 402 g/mol. The van der Waals surface area contributed by atoms with Crippen molar-refractivity contribution in [3.05, 3.63) is 57.6 Å². The Balaban J connectivity index is 1.97. The third-order valence-electron chi connectivity index (χ3n) is 4.08. The molecule has 2 aromatic rings. The average molecular weight is 402 g/mol. The molecule has 1 atom stereocenters. The molecule has 0 bridgehead atoms. The summed E-state index contributed by atoms with van der Waals surface area (Å²) in [6, 6.07) is 9.58. The van der Waals surface area contributed by atoms with Crippen LogP contribution >= 0.6 is 0 Å². The van der Waals surface area contributed by atoms with Gasteiger partial charge in [-0.15, -0.1) is 0 Å². The maximum Gasteiger partial charge on any atom is 0.344 e. The molecule has 29 heavy (non-hydrogen) atoms. The summed E-state index contributed by atoms with van der Waals surface area (Å²) in [4.78, 5) is 34.8. The lowest BCUT2D eigenvalue weighted by Crippen LogP contribution is -2.32. The number of hydrogen-bond donors (Lipinski definition) is 1. The lowest BCUT2D eigenvalue weighted by Gasteiger charge is -2.15. The summed E-state index contributed by atoms with van der Waals surface area (Å²) in [5.41, 5.74) is 1.37. The summed E-state index contributed by atoms with van der Waals surface area (Å²) in [6.45, 7) is 4.70. The summed E-state index contributed by atoms with van der Waals surface area (Å²) >= 11 is 0. The van der Waals surface area contributed by atoms with Gasteiger partial charge >= 0.3 is 5.97 Å². The number of ether oxygens (including phenoxy) is 3. The third-order valence-corrected chi connectivity index (χ3v) is 4.08. The number of rotatable bonds is 8. The minimum atomic E-state index is -1.18. The van der Waals surface area contributed by atoms with E-state index in [0.29, 0.717) is 5.75 Å². The van der Waals surface area contributed by atoms with E-state index in [9.17, 15) is 19.7 Å². The summed E-state index contributed by atoms with van der Waals surface area (Å²) in [5.74, 6) is -0.591. The van der Waals surface area contributed by atoms with E-state index < -0.39 is 22.9 Å². The number of nitro groups is 1. The Morgan fingerprint density at radius 1 is 1.17 bits per heavy atom. The van der Waals surface area contributed by atoms with Crippen LogP contribution in [0.4, 0.5) is 11.4 Å². The minimum Gasteiger partial charge on any atom is -0.496 e. The summed E-state index contributed by atoms with van der Waals surface area (Å²) in [5, 5.41) is 13.6. The van der Waals surface area contributed by atoms with Crippen LogP contribution < -0.4 is 14.8 Å². The molecule has 0 spiro atoms. The number of esters is 1. The van der Waals surface area contributed by atoms with Crippen LogP contribution in [-0.4, -0.2) is 36.6 Å². The molecule has 0 aromatic heterocycles. The van der Waals surface area contributed by atoms with Crippen molar-refractivity contribution in [3.8, 4) is 11.5 Å². The van der Waals surface area contributed by atoms with Gasteiger partial charge in [0.15, 0.2) is 12.7 Å². The molecular formula is C20H22N2O7. The highest BCUT2D eigenvalue weighted by atomic mass is 16.6. The van der Waals surface area contributed by atoms with Gasteiger partial charge in [0.1, 0.15) is 17.2 Å². The van der Waals surface area contributed by atoms with Crippen LogP contribution in [0, 0.1) is 24.0 Å². The van der Waals surface area contributed by atoms with E-state index in [4.69, 9.17) is 14.2 Å². The molecule has 0 aliphatic carbocycles. The summed E-state index contributed by atoms with van der Waals surface area (Å²) in [6.07, 6.45) is -1.18. The van der Waals surface area contributed by atoms with Crippen molar-refractivity contribution in [3.63, 3.8) is 0 Å². The highest BCUT2D eigenvalue weighted by Gasteiger charge is 2.23. The molecule has 2 rings (SSSR count). The first-order valence-electron chi connectivity index (χ1n) is 8.74. The highest BCUT2D eigenvalue weighted by molar-refractivity contribution is 5.97.